The fraction of sp³-hybridized carbons (Fsp3) is 0.167. The Morgan fingerprint density at radius 3 is 1.68 bits per heavy atom. The van der Waals surface area contributed by atoms with Gasteiger partial charge in [-0.15, -0.1) is 0 Å². The minimum Gasteiger partial charge on any atom is -0.497 e. The van der Waals surface area contributed by atoms with E-state index in [0.717, 1.165) is 52.4 Å². The molecule has 3 aromatic rings. The van der Waals surface area contributed by atoms with Crippen molar-refractivity contribution in [2.45, 2.75) is 20.3 Å². The number of ether oxygens (including phenoxy) is 4. The number of carbonyl (C=O) groups excluding carboxylic acids is 4. The third-order valence-corrected chi connectivity index (χ3v) is 5.15. The van der Waals surface area contributed by atoms with Gasteiger partial charge in [0, 0.05) is 23.6 Å². The highest BCUT2D eigenvalue weighted by Gasteiger charge is 2.14. The number of hydrogen-bond acceptors (Lipinski definition) is 8. The quantitative estimate of drug-likeness (QED) is 0.0739. The summed E-state index contributed by atoms with van der Waals surface area (Å²) in [6.45, 7) is 13.4. The predicted octanol–water partition coefficient (Wildman–Crippen LogP) is 7.37. The molecule has 0 saturated heterocycles. The molecule has 0 fully saturated rings. The van der Waals surface area contributed by atoms with Crippen LogP contribution in [0.25, 0.3) is 23.3 Å². The van der Waals surface area contributed by atoms with Crippen LogP contribution in [0.4, 0.5) is 0 Å². The van der Waals surface area contributed by atoms with Crippen LogP contribution in [0.5, 0.6) is 23.0 Å². The molecule has 44 heavy (non-hydrogen) atoms. The minimum absolute atomic E-state index is 0.408. The van der Waals surface area contributed by atoms with Gasteiger partial charge in [-0.3, -0.25) is 9.59 Å². The number of allylic oxidation sites excluding steroid dienone is 2. The molecule has 0 aliphatic carbocycles. The van der Waals surface area contributed by atoms with Gasteiger partial charge in [-0.05, 0) is 66.1 Å². The number of methoxy groups -OCH3 is 3. The number of aldehydes is 3. The maximum Gasteiger partial charge on any atom is 0.335 e. The zero-order valence-electron chi connectivity index (χ0n) is 25.9. The van der Waals surface area contributed by atoms with Crippen LogP contribution in [-0.4, -0.2) is 46.2 Å². The van der Waals surface area contributed by atoms with E-state index < -0.39 is 5.97 Å². The Labute approximate surface area is 259 Å². The van der Waals surface area contributed by atoms with Gasteiger partial charge < -0.3 is 23.7 Å². The van der Waals surface area contributed by atoms with Crippen LogP contribution in [0.1, 0.15) is 31.4 Å². The Kier molecular flexibility index (Phi) is 20.2. The molecule has 0 heterocycles. The van der Waals surface area contributed by atoms with Crippen molar-refractivity contribution >= 4 is 37.0 Å². The van der Waals surface area contributed by atoms with Gasteiger partial charge >= 0.3 is 5.97 Å². The molecule has 0 bridgehead atoms. The van der Waals surface area contributed by atoms with E-state index in [9.17, 15) is 14.4 Å². The number of esters is 1. The lowest BCUT2D eigenvalue weighted by atomic mass is 10.0. The van der Waals surface area contributed by atoms with Crippen molar-refractivity contribution < 1.29 is 38.1 Å². The summed E-state index contributed by atoms with van der Waals surface area (Å²) < 4.78 is 21.6. The molecular formula is C36H40O8. The Hall–Kier alpha value is -5.50. The second-order valence-electron chi connectivity index (χ2n) is 8.46. The van der Waals surface area contributed by atoms with Gasteiger partial charge in [-0.1, -0.05) is 63.1 Å². The zero-order valence-corrected chi connectivity index (χ0v) is 25.9. The van der Waals surface area contributed by atoms with E-state index in [2.05, 4.69) is 19.7 Å². The third kappa shape index (κ3) is 14.9. The predicted molar refractivity (Wildman–Crippen MR) is 176 cm³/mol. The van der Waals surface area contributed by atoms with Crippen LogP contribution in [0.3, 0.4) is 0 Å². The molecule has 3 rings (SSSR count). The lowest BCUT2D eigenvalue weighted by Gasteiger charge is -2.14. The molecule has 8 nitrogen and oxygen atoms in total. The van der Waals surface area contributed by atoms with E-state index in [4.69, 9.17) is 23.7 Å². The maximum atomic E-state index is 11.9. The molecule has 0 N–H and O–H groups in total. The monoisotopic (exact) mass is 600 g/mol. The van der Waals surface area contributed by atoms with Crippen LogP contribution in [0.15, 0.2) is 98.1 Å². The second kappa shape index (κ2) is 23.1. The van der Waals surface area contributed by atoms with Crippen molar-refractivity contribution in [2.24, 2.45) is 0 Å². The first-order valence-corrected chi connectivity index (χ1v) is 13.3. The van der Waals surface area contributed by atoms with Crippen LogP contribution >= 0.6 is 0 Å². The molecule has 0 radical (unpaired) electrons. The van der Waals surface area contributed by atoms with Crippen molar-refractivity contribution in [1.82, 2.24) is 0 Å². The lowest BCUT2D eigenvalue weighted by molar-refractivity contribution is -0.129. The standard InChI is InChI=1S/C26H24O5.C4H6O.C3H6O.C3H4O/c1-5-26(27)31-25-16-20(9-6-18-7-12-21(28-2)13-8-18)24(30-4)17-23(25)19-10-14-22(29-3)15-11-19;1-4(2)3-5;2*1-2-3-4/h5-17H,1H2,2-4H3;3H,1H2,2H3;3H,2H2,1H3;2-3H,1H2/b9-6+;;;. The van der Waals surface area contributed by atoms with Gasteiger partial charge in [0.2, 0.25) is 0 Å². The lowest BCUT2D eigenvalue weighted by Crippen LogP contribution is -2.05. The Morgan fingerprint density at radius 1 is 0.795 bits per heavy atom. The summed E-state index contributed by atoms with van der Waals surface area (Å²) in [6, 6.07) is 18.8. The summed E-state index contributed by atoms with van der Waals surface area (Å²) >= 11 is 0. The van der Waals surface area contributed by atoms with Gasteiger partial charge in [0.05, 0.1) is 21.3 Å². The first-order chi connectivity index (χ1) is 21.2. The Balaban J connectivity index is 0.00000120. The highest BCUT2D eigenvalue weighted by molar-refractivity contribution is 5.87. The largest absolute Gasteiger partial charge is 0.497 e. The summed E-state index contributed by atoms with van der Waals surface area (Å²) in [6.07, 6.45) is 9.06. The van der Waals surface area contributed by atoms with E-state index >= 15 is 0 Å². The SMILES string of the molecule is C=C(C)C=O.C=CC(=O)Oc1cc(/C=C/c2ccc(OC)cc2)c(OC)cc1-c1ccc(OC)cc1.C=CC=O.CCC=O. The first kappa shape index (κ1) is 38.5. The van der Waals surface area contributed by atoms with E-state index in [-0.39, 0.29) is 0 Å². The molecule has 3 aromatic carbocycles. The van der Waals surface area contributed by atoms with Crippen LogP contribution in [-0.2, 0) is 19.2 Å². The molecule has 8 heteroatoms. The molecule has 0 aromatic heterocycles. The topological polar surface area (TPSA) is 105 Å². The van der Waals surface area contributed by atoms with E-state index in [1.807, 2.05) is 73.7 Å². The van der Waals surface area contributed by atoms with Crippen LogP contribution < -0.4 is 18.9 Å². The second-order valence-corrected chi connectivity index (χ2v) is 8.46. The number of hydrogen-bond donors (Lipinski definition) is 0. The molecule has 0 saturated carbocycles. The summed E-state index contributed by atoms with van der Waals surface area (Å²) in [4.78, 5) is 39.6. The summed E-state index contributed by atoms with van der Waals surface area (Å²) in [5.41, 5.74) is 3.91. The van der Waals surface area contributed by atoms with E-state index in [0.29, 0.717) is 29.8 Å². The van der Waals surface area contributed by atoms with Crippen LogP contribution in [0.2, 0.25) is 0 Å². The van der Waals surface area contributed by atoms with Crippen molar-refractivity contribution in [1.29, 1.82) is 0 Å². The van der Waals surface area contributed by atoms with Crippen molar-refractivity contribution in [3.05, 3.63) is 109 Å². The van der Waals surface area contributed by atoms with Gasteiger partial charge in [0.1, 0.15) is 41.9 Å². The van der Waals surface area contributed by atoms with Crippen molar-refractivity contribution in [3.63, 3.8) is 0 Å². The van der Waals surface area contributed by atoms with Crippen molar-refractivity contribution in [3.8, 4) is 34.1 Å². The maximum absolute atomic E-state index is 11.9. The van der Waals surface area contributed by atoms with E-state index in [1.54, 1.807) is 34.3 Å². The highest BCUT2D eigenvalue weighted by atomic mass is 16.5. The average molecular weight is 601 g/mol. The Morgan fingerprint density at radius 2 is 1.30 bits per heavy atom. The molecule has 0 spiro atoms. The van der Waals surface area contributed by atoms with Crippen LogP contribution in [0, 0.1) is 0 Å². The van der Waals surface area contributed by atoms with E-state index in [1.165, 1.54) is 6.08 Å². The van der Waals surface area contributed by atoms with Crippen molar-refractivity contribution in [2.75, 3.05) is 21.3 Å². The summed E-state index contributed by atoms with van der Waals surface area (Å²) in [5.74, 6) is 2.04. The first-order valence-electron chi connectivity index (χ1n) is 13.3. The van der Waals surface area contributed by atoms with Gasteiger partial charge in [0.25, 0.3) is 0 Å². The van der Waals surface area contributed by atoms with Gasteiger partial charge in [-0.25, -0.2) is 4.79 Å². The fourth-order valence-electron chi connectivity index (χ4n) is 3.01. The van der Waals surface area contributed by atoms with Gasteiger partial charge in [0.15, 0.2) is 0 Å². The average Bonchev–Trinajstić information content (AvgIpc) is 3.07. The fourth-order valence-corrected chi connectivity index (χ4v) is 3.01. The normalized spacial score (nSPS) is 9.20. The number of rotatable bonds is 11. The molecule has 0 aliphatic heterocycles. The molecule has 0 unspecified atom stereocenters. The molecule has 232 valence electrons. The summed E-state index contributed by atoms with van der Waals surface area (Å²) in [7, 11) is 4.85. The highest BCUT2D eigenvalue weighted by Crippen LogP contribution is 2.38. The van der Waals surface area contributed by atoms with Gasteiger partial charge in [-0.2, -0.15) is 0 Å². The zero-order chi connectivity index (χ0) is 33.3. The third-order valence-electron chi connectivity index (χ3n) is 5.15. The molecular weight excluding hydrogens is 560 g/mol. The number of benzene rings is 3. The molecule has 0 atom stereocenters. The minimum atomic E-state index is -0.537. The Bertz CT molecular complexity index is 1380. The number of carbonyl (C=O) groups is 4. The molecule has 0 amide bonds. The molecule has 0 aliphatic rings. The smallest absolute Gasteiger partial charge is 0.335 e. The summed E-state index contributed by atoms with van der Waals surface area (Å²) in [5, 5.41) is 0.